The van der Waals surface area contributed by atoms with E-state index in [1.165, 1.54) is 0 Å². The van der Waals surface area contributed by atoms with Gasteiger partial charge < -0.3 is 15.2 Å². The van der Waals surface area contributed by atoms with E-state index in [1.807, 2.05) is 16.7 Å². The first-order valence-corrected chi connectivity index (χ1v) is 8.84. The summed E-state index contributed by atoms with van der Waals surface area (Å²) in [5, 5.41) is 0.469. The number of unbranched alkanes of at least 4 members (excludes halogenated alkanes) is 1. The summed E-state index contributed by atoms with van der Waals surface area (Å²) >= 11 is 0. The standard InChI is InChI=1S/C19H25N3O2/c1-2-3-10-22-13-14(19(24)21-11-5-4-6-12-21)18(23)17-15(20)8-7-9-16(17)22/h7-9,13H,2-6,10-12,20H2,1H3. The maximum Gasteiger partial charge on any atom is 0.259 e. The van der Waals surface area contributed by atoms with Gasteiger partial charge in [0.1, 0.15) is 5.56 Å². The first-order chi connectivity index (χ1) is 11.6. The molecule has 1 fully saturated rings. The summed E-state index contributed by atoms with van der Waals surface area (Å²) in [6.07, 6.45) is 6.93. The second-order valence-corrected chi connectivity index (χ2v) is 6.51. The third kappa shape index (κ3) is 3.03. The first-order valence-electron chi connectivity index (χ1n) is 8.84. The predicted molar refractivity (Wildman–Crippen MR) is 97.3 cm³/mol. The molecule has 2 N–H and O–H groups in total. The fourth-order valence-electron chi connectivity index (χ4n) is 3.40. The number of carbonyl (C=O) groups excluding carboxylic acids is 1. The lowest BCUT2D eigenvalue weighted by molar-refractivity contribution is 0.0722. The number of aryl methyl sites for hydroxylation is 1. The van der Waals surface area contributed by atoms with Gasteiger partial charge >= 0.3 is 0 Å². The molecule has 1 aromatic carbocycles. The maximum atomic E-state index is 12.9. The van der Waals surface area contributed by atoms with Gasteiger partial charge in [-0.3, -0.25) is 9.59 Å². The van der Waals surface area contributed by atoms with Crippen molar-refractivity contribution in [2.75, 3.05) is 18.8 Å². The molecule has 2 heterocycles. The molecule has 0 bridgehead atoms. The van der Waals surface area contributed by atoms with E-state index in [4.69, 9.17) is 5.73 Å². The van der Waals surface area contributed by atoms with E-state index >= 15 is 0 Å². The maximum absolute atomic E-state index is 12.9. The van der Waals surface area contributed by atoms with Crippen molar-refractivity contribution < 1.29 is 4.79 Å². The van der Waals surface area contributed by atoms with E-state index in [9.17, 15) is 9.59 Å². The number of rotatable bonds is 4. The second-order valence-electron chi connectivity index (χ2n) is 6.51. The Morgan fingerprint density at radius 3 is 2.67 bits per heavy atom. The number of anilines is 1. The van der Waals surface area contributed by atoms with Gasteiger partial charge in [-0.1, -0.05) is 19.4 Å². The third-order valence-electron chi connectivity index (χ3n) is 4.77. The summed E-state index contributed by atoms with van der Waals surface area (Å²) in [7, 11) is 0. The average molecular weight is 327 g/mol. The monoisotopic (exact) mass is 327 g/mol. The third-order valence-corrected chi connectivity index (χ3v) is 4.77. The Hall–Kier alpha value is -2.30. The van der Waals surface area contributed by atoms with E-state index in [0.717, 1.165) is 57.3 Å². The molecule has 5 heteroatoms. The number of aromatic nitrogens is 1. The SMILES string of the molecule is CCCCn1cc(C(=O)N2CCCCC2)c(=O)c2c(N)cccc21. The molecule has 1 aromatic heterocycles. The minimum absolute atomic E-state index is 0.157. The van der Waals surface area contributed by atoms with Crippen LogP contribution >= 0.6 is 0 Å². The number of benzene rings is 1. The van der Waals surface area contributed by atoms with Gasteiger partial charge in [-0.25, -0.2) is 0 Å². The first kappa shape index (κ1) is 16.6. The summed E-state index contributed by atoms with van der Waals surface area (Å²) in [4.78, 5) is 27.6. The van der Waals surface area contributed by atoms with Gasteiger partial charge in [0, 0.05) is 31.5 Å². The molecule has 1 amide bonds. The van der Waals surface area contributed by atoms with Crippen LogP contribution in [0.2, 0.25) is 0 Å². The number of nitrogens with two attached hydrogens (primary N) is 1. The number of carbonyl (C=O) groups is 1. The van der Waals surface area contributed by atoms with Crippen LogP contribution in [0, 0.1) is 0 Å². The Balaban J connectivity index is 2.13. The molecule has 1 aliphatic rings. The smallest absolute Gasteiger partial charge is 0.259 e. The molecular weight excluding hydrogens is 302 g/mol. The highest BCUT2D eigenvalue weighted by Crippen LogP contribution is 2.20. The van der Waals surface area contributed by atoms with Gasteiger partial charge in [-0.2, -0.15) is 0 Å². The van der Waals surface area contributed by atoms with Crippen molar-refractivity contribution in [3.8, 4) is 0 Å². The minimum atomic E-state index is -0.244. The topological polar surface area (TPSA) is 68.3 Å². The molecule has 0 spiro atoms. The van der Waals surface area contributed by atoms with Crippen LogP contribution in [0.4, 0.5) is 5.69 Å². The zero-order valence-corrected chi connectivity index (χ0v) is 14.3. The van der Waals surface area contributed by atoms with Crippen LogP contribution in [-0.4, -0.2) is 28.5 Å². The Labute approximate surface area is 142 Å². The van der Waals surface area contributed by atoms with E-state index in [2.05, 4.69) is 6.92 Å². The normalized spacial score (nSPS) is 15.0. The summed E-state index contributed by atoms with van der Waals surface area (Å²) in [6, 6.07) is 5.48. The fourth-order valence-corrected chi connectivity index (χ4v) is 3.40. The number of likely N-dealkylation sites (tertiary alicyclic amines) is 1. The molecule has 1 saturated heterocycles. The minimum Gasteiger partial charge on any atom is -0.398 e. The lowest BCUT2D eigenvalue weighted by atomic mass is 10.1. The van der Waals surface area contributed by atoms with Crippen molar-refractivity contribution in [1.29, 1.82) is 0 Å². The van der Waals surface area contributed by atoms with Gasteiger partial charge in [0.2, 0.25) is 5.43 Å². The number of piperidine rings is 1. The molecule has 0 saturated carbocycles. The molecule has 2 aromatic rings. The van der Waals surface area contributed by atoms with Crippen molar-refractivity contribution in [3.05, 3.63) is 40.2 Å². The number of nitrogen functional groups attached to an aromatic ring is 1. The van der Waals surface area contributed by atoms with Gasteiger partial charge in [0.05, 0.1) is 10.9 Å². The average Bonchev–Trinajstić information content (AvgIpc) is 2.61. The summed E-state index contributed by atoms with van der Waals surface area (Å²) in [5.41, 5.74) is 7.32. The Morgan fingerprint density at radius 2 is 1.96 bits per heavy atom. The number of hydrogen-bond donors (Lipinski definition) is 1. The largest absolute Gasteiger partial charge is 0.398 e. The van der Waals surface area contributed by atoms with Crippen molar-refractivity contribution in [2.24, 2.45) is 0 Å². The van der Waals surface area contributed by atoms with Crippen LogP contribution in [0.25, 0.3) is 10.9 Å². The van der Waals surface area contributed by atoms with Crippen LogP contribution in [0.1, 0.15) is 49.4 Å². The quantitative estimate of drug-likeness (QED) is 0.878. The van der Waals surface area contributed by atoms with Crippen LogP contribution in [0.3, 0.4) is 0 Å². The Bertz CT molecular complexity index is 804. The van der Waals surface area contributed by atoms with Gasteiger partial charge in [-0.15, -0.1) is 0 Å². The van der Waals surface area contributed by atoms with Crippen LogP contribution < -0.4 is 11.2 Å². The zero-order chi connectivity index (χ0) is 17.1. The lowest BCUT2D eigenvalue weighted by Gasteiger charge is -2.27. The van der Waals surface area contributed by atoms with Gasteiger partial charge in [-0.05, 0) is 37.8 Å². The summed E-state index contributed by atoms with van der Waals surface area (Å²) in [5.74, 6) is -0.157. The van der Waals surface area contributed by atoms with Crippen LogP contribution in [-0.2, 0) is 6.54 Å². The van der Waals surface area contributed by atoms with Crippen LogP contribution in [0.15, 0.2) is 29.2 Å². The van der Waals surface area contributed by atoms with Crippen molar-refractivity contribution in [2.45, 2.75) is 45.6 Å². The molecule has 128 valence electrons. The van der Waals surface area contributed by atoms with Gasteiger partial charge in [0.25, 0.3) is 5.91 Å². The second kappa shape index (κ2) is 7.07. The van der Waals surface area contributed by atoms with Crippen molar-refractivity contribution in [3.63, 3.8) is 0 Å². The van der Waals surface area contributed by atoms with Crippen molar-refractivity contribution in [1.82, 2.24) is 9.47 Å². The molecule has 0 atom stereocenters. The Kier molecular flexibility index (Phi) is 4.88. The number of nitrogens with zero attached hydrogens (tertiary/aromatic N) is 2. The molecule has 0 radical (unpaired) electrons. The van der Waals surface area contributed by atoms with Gasteiger partial charge in [0.15, 0.2) is 0 Å². The molecule has 0 unspecified atom stereocenters. The van der Waals surface area contributed by atoms with E-state index < -0.39 is 0 Å². The summed E-state index contributed by atoms with van der Waals surface area (Å²) < 4.78 is 2.01. The highest BCUT2D eigenvalue weighted by molar-refractivity contribution is 6.00. The zero-order valence-electron chi connectivity index (χ0n) is 14.3. The summed E-state index contributed by atoms with van der Waals surface area (Å²) in [6.45, 7) is 4.36. The molecular formula is C19H25N3O2. The molecule has 24 heavy (non-hydrogen) atoms. The molecule has 3 rings (SSSR count). The highest BCUT2D eigenvalue weighted by Gasteiger charge is 2.23. The van der Waals surface area contributed by atoms with E-state index in [-0.39, 0.29) is 16.9 Å². The predicted octanol–water partition coefficient (Wildman–Crippen LogP) is 3.01. The number of pyridine rings is 1. The van der Waals surface area contributed by atoms with Crippen LogP contribution in [0.5, 0.6) is 0 Å². The number of hydrogen-bond acceptors (Lipinski definition) is 3. The van der Waals surface area contributed by atoms with E-state index in [0.29, 0.717) is 11.1 Å². The number of amides is 1. The highest BCUT2D eigenvalue weighted by atomic mass is 16.2. The fraction of sp³-hybridized carbons (Fsp3) is 0.474. The Morgan fingerprint density at radius 1 is 1.21 bits per heavy atom. The molecule has 5 nitrogen and oxygen atoms in total. The molecule has 0 aliphatic carbocycles. The molecule has 1 aliphatic heterocycles. The lowest BCUT2D eigenvalue weighted by Crippen LogP contribution is -2.38. The van der Waals surface area contributed by atoms with E-state index in [1.54, 1.807) is 17.2 Å². The van der Waals surface area contributed by atoms with Crippen molar-refractivity contribution >= 4 is 22.5 Å². The number of fused-ring (bicyclic) bond motifs is 1.